The predicted molar refractivity (Wildman–Crippen MR) is 85.0 cm³/mol. The van der Waals surface area contributed by atoms with E-state index in [0.717, 1.165) is 5.56 Å². The molecule has 3 aromatic rings. The second-order valence-corrected chi connectivity index (χ2v) is 4.70. The number of amides is 1. The minimum atomic E-state index is -0.269. The summed E-state index contributed by atoms with van der Waals surface area (Å²) in [6.45, 7) is 0.375. The Morgan fingerprint density at radius 3 is 2.65 bits per heavy atom. The first-order valence-electron chi connectivity index (χ1n) is 7.01. The van der Waals surface area contributed by atoms with Gasteiger partial charge in [-0.15, -0.1) is 0 Å². The van der Waals surface area contributed by atoms with Crippen molar-refractivity contribution < 1.29 is 9.53 Å². The molecule has 3 rings (SSSR count). The largest absolute Gasteiger partial charge is 0.473 e. The lowest BCUT2D eigenvalue weighted by Gasteiger charge is -2.06. The highest BCUT2D eigenvalue weighted by Gasteiger charge is 2.07. The van der Waals surface area contributed by atoms with Crippen molar-refractivity contribution >= 4 is 11.7 Å². The molecule has 0 fully saturated rings. The van der Waals surface area contributed by atoms with Gasteiger partial charge in [-0.05, 0) is 24.3 Å². The van der Waals surface area contributed by atoms with E-state index in [1.165, 1.54) is 6.20 Å². The van der Waals surface area contributed by atoms with Crippen molar-refractivity contribution in [1.82, 2.24) is 15.0 Å². The van der Waals surface area contributed by atoms with Gasteiger partial charge in [-0.2, -0.15) is 0 Å². The molecule has 3 heterocycles. The number of ether oxygens (including phenoxy) is 1. The molecule has 0 saturated carbocycles. The van der Waals surface area contributed by atoms with Crippen LogP contribution in [0.4, 0.5) is 5.82 Å². The van der Waals surface area contributed by atoms with Crippen molar-refractivity contribution in [2.75, 3.05) is 5.32 Å². The van der Waals surface area contributed by atoms with Gasteiger partial charge in [-0.25, -0.2) is 9.97 Å². The SMILES string of the molecule is O=C(Nc1ccccn1)c1ccc(OCc2cccnc2)nc1. The summed E-state index contributed by atoms with van der Waals surface area (Å²) in [5.74, 6) is 0.674. The van der Waals surface area contributed by atoms with Crippen LogP contribution < -0.4 is 10.1 Å². The number of aromatic nitrogens is 3. The van der Waals surface area contributed by atoms with E-state index >= 15 is 0 Å². The molecule has 6 heteroatoms. The number of carbonyl (C=O) groups is 1. The van der Waals surface area contributed by atoms with Crippen molar-refractivity contribution in [3.05, 3.63) is 78.4 Å². The molecule has 0 atom stereocenters. The van der Waals surface area contributed by atoms with Crippen LogP contribution in [-0.4, -0.2) is 20.9 Å². The Morgan fingerprint density at radius 1 is 1.00 bits per heavy atom. The molecule has 0 aromatic carbocycles. The van der Waals surface area contributed by atoms with Crippen molar-refractivity contribution in [2.24, 2.45) is 0 Å². The summed E-state index contributed by atoms with van der Waals surface area (Å²) in [7, 11) is 0. The van der Waals surface area contributed by atoms with Gasteiger partial charge in [0.1, 0.15) is 12.4 Å². The zero-order chi connectivity index (χ0) is 15.9. The lowest BCUT2D eigenvalue weighted by molar-refractivity contribution is 0.102. The normalized spacial score (nSPS) is 10.1. The number of nitrogens with one attached hydrogen (secondary N) is 1. The molecule has 0 aliphatic carbocycles. The maximum absolute atomic E-state index is 12.1. The summed E-state index contributed by atoms with van der Waals surface area (Å²) in [6, 6.07) is 12.4. The van der Waals surface area contributed by atoms with Crippen LogP contribution in [0, 0.1) is 0 Å². The number of nitrogens with zero attached hydrogens (tertiary/aromatic N) is 3. The molecule has 3 aromatic heterocycles. The summed E-state index contributed by atoms with van der Waals surface area (Å²) in [5.41, 5.74) is 1.38. The van der Waals surface area contributed by atoms with Crippen LogP contribution in [0.3, 0.4) is 0 Å². The lowest BCUT2D eigenvalue weighted by atomic mass is 10.2. The van der Waals surface area contributed by atoms with Crippen LogP contribution in [0.15, 0.2) is 67.3 Å². The van der Waals surface area contributed by atoms with E-state index in [1.54, 1.807) is 48.9 Å². The van der Waals surface area contributed by atoms with Gasteiger partial charge >= 0.3 is 0 Å². The Balaban J connectivity index is 1.59. The molecule has 1 amide bonds. The van der Waals surface area contributed by atoms with Crippen LogP contribution in [0.1, 0.15) is 15.9 Å². The number of hydrogen-bond acceptors (Lipinski definition) is 5. The smallest absolute Gasteiger partial charge is 0.258 e. The van der Waals surface area contributed by atoms with E-state index in [0.29, 0.717) is 23.9 Å². The summed E-state index contributed by atoms with van der Waals surface area (Å²) in [4.78, 5) is 24.3. The third kappa shape index (κ3) is 4.10. The first-order chi connectivity index (χ1) is 11.3. The van der Waals surface area contributed by atoms with Crippen LogP contribution in [0.5, 0.6) is 5.88 Å². The highest BCUT2D eigenvalue weighted by atomic mass is 16.5. The summed E-state index contributed by atoms with van der Waals surface area (Å²) in [5, 5.41) is 2.70. The Labute approximate surface area is 133 Å². The van der Waals surface area contributed by atoms with Crippen LogP contribution in [0.2, 0.25) is 0 Å². The fourth-order valence-electron chi connectivity index (χ4n) is 1.87. The van der Waals surface area contributed by atoms with Crippen LogP contribution in [0.25, 0.3) is 0 Å². The first kappa shape index (κ1) is 14.6. The van der Waals surface area contributed by atoms with E-state index in [-0.39, 0.29) is 5.91 Å². The fraction of sp³-hybridized carbons (Fsp3) is 0.0588. The highest BCUT2D eigenvalue weighted by Crippen LogP contribution is 2.11. The van der Waals surface area contributed by atoms with Gasteiger partial charge in [0.2, 0.25) is 5.88 Å². The third-order valence-electron chi connectivity index (χ3n) is 3.01. The van der Waals surface area contributed by atoms with Crippen LogP contribution in [-0.2, 0) is 6.61 Å². The molecule has 114 valence electrons. The van der Waals surface area contributed by atoms with Gasteiger partial charge in [0.25, 0.3) is 5.91 Å². The van der Waals surface area contributed by atoms with Gasteiger partial charge in [0.05, 0.1) is 5.56 Å². The molecular weight excluding hydrogens is 292 g/mol. The fourth-order valence-corrected chi connectivity index (χ4v) is 1.87. The second-order valence-electron chi connectivity index (χ2n) is 4.70. The molecule has 0 saturated heterocycles. The summed E-state index contributed by atoms with van der Waals surface area (Å²) >= 11 is 0. The van der Waals surface area contributed by atoms with Crippen molar-refractivity contribution in [3.8, 4) is 5.88 Å². The number of pyridine rings is 3. The molecule has 0 radical (unpaired) electrons. The maximum atomic E-state index is 12.1. The molecule has 23 heavy (non-hydrogen) atoms. The molecule has 0 spiro atoms. The molecule has 0 bridgehead atoms. The van der Waals surface area contributed by atoms with Crippen LogP contribution >= 0.6 is 0 Å². The van der Waals surface area contributed by atoms with Crippen molar-refractivity contribution in [1.29, 1.82) is 0 Å². The van der Waals surface area contributed by atoms with E-state index in [1.807, 2.05) is 12.1 Å². The summed E-state index contributed by atoms with van der Waals surface area (Å²) < 4.78 is 5.55. The zero-order valence-corrected chi connectivity index (χ0v) is 12.2. The average molecular weight is 306 g/mol. The Hall–Kier alpha value is -3.28. The standard InChI is InChI=1S/C17H14N4O2/c22-17(21-15-5-1-2-9-19-15)14-6-7-16(20-11-14)23-12-13-4-3-8-18-10-13/h1-11H,12H2,(H,19,21,22). The third-order valence-corrected chi connectivity index (χ3v) is 3.01. The molecule has 0 aliphatic heterocycles. The first-order valence-corrected chi connectivity index (χ1v) is 7.01. The van der Waals surface area contributed by atoms with E-state index in [2.05, 4.69) is 20.3 Å². The van der Waals surface area contributed by atoms with E-state index in [4.69, 9.17) is 4.74 Å². The topological polar surface area (TPSA) is 77.0 Å². The lowest BCUT2D eigenvalue weighted by Crippen LogP contribution is -2.13. The Bertz CT molecular complexity index is 762. The second kappa shape index (κ2) is 7.13. The zero-order valence-electron chi connectivity index (χ0n) is 12.2. The summed E-state index contributed by atoms with van der Waals surface area (Å²) in [6.07, 6.45) is 6.52. The Morgan fingerprint density at radius 2 is 1.96 bits per heavy atom. The Kier molecular flexibility index (Phi) is 4.54. The number of carbonyl (C=O) groups excluding carboxylic acids is 1. The highest BCUT2D eigenvalue weighted by molar-refractivity contribution is 6.03. The monoisotopic (exact) mass is 306 g/mol. The van der Waals surface area contributed by atoms with E-state index in [9.17, 15) is 4.79 Å². The molecular formula is C17H14N4O2. The maximum Gasteiger partial charge on any atom is 0.258 e. The molecule has 0 unspecified atom stereocenters. The molecule has 1 N–H and O–H groups in total. The van der Waals surface area contributed by atoms with Gasteiger partial charge in [-0.1, -0.05) is 12.1 Å². The number of anilines is 1. The average Bonchev–Trinajstić information content (AvgIpc) is 2.62. The van der Waals surface area contributed by atoms with Gasteiger partial charge in [0.15, 0.2) is 0 Å². The minimum Gasteiger partial charge on any atom is -0.473 e. The molecule has 0 aliphatic rings. The van der Waals surface area contributed by atoms with Gasteiger partial charge in [0, 0.05) is 36.4 Å². The van der Waals surface area contributed by atoms with Gasteiger partial charge < -0.3 is 10.1 Å². The minimum absolute atomic E-state index is 0.269. The quantitative estimate of drug-likeness (QED) is 0.784. The van der Waals surface area contributed by atoms with Crippen molar-refractivity contribution in [3.63, 3.8) is 0 Å². The number of hydrogen-bond donors (Lipinski definition) is 1. The predicted octanol–water partition coefficient (Wildman–Crippen LogP) is 2.70. The van der Waals surface area contributed by atoms with E-state index < -0.39 is 0 Å². The van der Waals surface area contributed by atoms with Crippen molar-refractivity contribution in [2.45, 2.75) is 6.61 Å². The number of rotatable bonds is 5. The molecule has 6 nitrogen and oxygen atoms in total. The van der Waals surface area contributed by atoms with Gasteiger partial charge in [-0.3, -0.25) is 9.78 Å².